The number of benzene rings is 1. The van der Waals surface area contributed by atoms with Crippen LogP contribution in [0.3, 0.4) is 0 Å². The minimum atomic E-state index is -3.85. The zero-order valence-corrected chi connectivity index (χ0v) is 11.6. The maximum Gasteiger partial charge on any atom is 0.363 e. The van der Waals surface area contributed by atoms with Gasteiger partial charge >= 0.3 is 7.60 Å². The van der Waals surface area contributed by atoms with Gasteiger partial charge in [-0.2, -0.15) is 0 Å². The Hall–Kier alpha value is -1.27. The van der Waals surface area contributed by atoms with Gasteiger partial charge < -0.3 is 14.2 Å². The van der Waals surface area contributed by atoms with Gasteiger partial charge in [-0.3, -0.25) is 14.7 Å². The highest BCUT2D eigenvalue weighted by Gasteiger charge is 2.38. The molecule has 7 nitrogen and oxygen atoms in total. The van der Waals surface area contributed by atoms with Crippen molar-refractivity contribution >= 4 is 13.3 Å². The molecule has 0 aliphatic heterocycles. The molecule has 1 atom stereocenters. The Balaban J connectivity index is 3.20. The molecule has 1 aromatic rings. The van der Waals surface area contributed by atoms with Crippen LogP contribution in [-0.2, 0) is 13.6 Å². The second-order valence-electron chi connectivity index (χ2n) is 3.56. The zero-order valence-electron chi connectivity index (χ0n) is 10.7. The number of nitro benzene ring substituents is 1. The van der Waals surface area contributed by atoms with Gasteiger partial charge in [-0.25, -0.2) is 0 Å². The van der Waals surface area contributed by atoms with Gasteiger partial charge in [0, 0.05) is 6.07 Å². The molecule has 1 rings (SSSR count). The largest absolute Gasteiger partial charge is 0.376 e. The first kappa shape index (κ1) is 15.8. The van der Waals surface area contributed by atoms with Crippen LogP contribution in [0.4, 0.5) is 5.69 Å². The lowest BCUT2D eigenvalue weighted by atomic mass is 10.2. The maximum absolute atomic E-state index is 12.4. The second-order valence-corrected chi connectivity index (χ2v) is 5.65. The van der Waals surface area contributed by atoms with Crippen molar-refractivity contribution in [2.24, 2.45) is 0 Å². The van der Waals surface area contributed by atoms with Crippen LogP contribution in [0.25, 0.3) is 0 Å². The second kappa shape index (κ2) is 6.77. The molecule has 0 saturated heterocycles. The van der Waals surface area contributed by atoms with Crippen LogP contribution < -0.4 is 0 Å². The Morgan fingerprint density at radius 3 is 2.32 bits per heavy atom. The molecule has 0 radical (unpaired) electrons. The van der Waals surface area contributed by atoms with Gasteiger partial charge in [-0.15, -0.1) is 0 Å². The summed E-state index contributed by atoms with van der Waals surface area (Å²) in [7, 11) is -3.85. The third kappa shape index (κ3) is 3.61. The van der Waals surface area contributed by atoms with Gasteiger partial charge in [0.25, 0.3) is 5.69 Å². The number of nitrogens with zero attached hydrogens (tertiary/aromatic N) is 1. The third-order valence-electron chi connectivity index (χ3n) is 2.33. The standard InChI is InChI=1S/C11H16NO6P/c1-3-17-19(16,18-4-2)11(13)9-7-5-6-8-10(9)12(14)15/h5-8,11,13H,3-4H2,1-2H3/t11-/m1/s1. The summed E-state index contributed by atoms with van der Waals surface area (Å²) in [5.41, 5.74) is -0.410. The Bertz CT molecular complexity index is 482. The highest BCUT2D eigenvalue weighted by molar-refractivity contribution is 7.54. The van der Waals surface area contributed by atoms with E-state index in [1.807, 2.05) is 0 Å². The topological polar surface area (TPSA) is 98.9 Å². The van der Waals surface area contributed by atoms with E-state index in [2.05, 4.69) is 0 Å². The lowest BCUT2D eigenvalue weighted by Crippen LogP contribution is -2.08. The average Bonchev–Trinajstić information content (AvgIpc) is 2.38. The van der Waals surface area contributed by atoms with E-state index < -0.39 is 18.4 Å². The number of nitro groups is 1. The van der Waals surface area contributed by atoms with Crippen LogP contribution in [0, 0.1) is 10.1 Å². The molecule has 0 spiro atoms. The monoisotopic (exact) mass is 289 g/mol. The van der Waals surface area contributed by atoms with Gasteiger partial charge in [0.1, 0.15) is 0 Å². The summed E-state index contributed by atoms with van der Waals surface area (Å²) in [5, 5.41) is 21.0. The summed E-state index contributed by atoms with van der Waals surface area (Å²) in [6.45, 7) is 3.32. The number of para-hydroxylation sites is 1. The summed E-state index contributed by atoms with van der Waals surface area (Å²) in [6, 6.07) is 5.52. The molecule has 0 saturated carbocycles. The number of hydrogen-bond acceptors (Lipinski definition) is 6. The fourth-order valence-corrected chi connectivity index (χ4v) is 3.22. The molecular formula is C11H16NO6P. The van der Waals surface area contributed by atoms with E-state index >= 15 is 0 Å². The van der Waals surface area contributed by atoms with E-state index in [0.29, 0.717) is 0 Å². The number of rotatable bonds is 7. The molecule has 0 aliphatic carbocycles. The van der Waals surface area contributed by atoms with E-state index in [0.717, 1.165) is 0 Å². The van der Waals surface area contributed by atoms with Crippen molar-refractivity contribution in [1.29, 1.82) is 0 Å². The van der Waals surface area contributed by atoms with Crippen molar-refractivity contribution in [3.8, 4) is 0 Å². The smallest absolute Gasteiger partial charge is 0.363 e. The number of aliphatic hydroxyl groups is 1. The predicted octanol–water partition coefficient (Wildman–Crippen LogP) is 2.85. The van der Waals surface area contributed by atoms with E-state index in [4.69, 9.17) is 9.05 Å². The van der Waals surface area contributed by atoms with Crippen molar-refractivity contribution in [2.45, 2.75) is 19.7 Å². The fourth-order valence-electron chi connectivity index (χ4n) is 1.58. The van der Waals surface area contributed by atoms with Crippen molar-refractivity contribution < 1.29 is 23.6 Å². The maximum atomic E-state index is 12.4. The molecular weight excluding hydrogens is 273 g/mol. The van der Waals surface area contributed by atoms with Gasteiger partial charge in [0.2, 0.25) is 0 Å². The first-order valence-electron chi connectivity index (χ1n) is 5.76. The van der Waals surface area contributed by atoms with Gasteiger partial charge in [0.15, 0.2) is 5.85 Å². The van der Waals surface area contributed by atoms with Crippen LogP contribution >= 0.6 is 7.60 Å². The summed E-state index contributed by atoms with van der Waals surface area (Å²) in [5.74, 6) is -1.69. The van der Waals surface area contributed by atoms with Crippen LogP contribution in [0.1, 0.15) is 25.3 Å². The number of aliphatic hydroxyl groups excluding tert-OH is 1. The fraction of sp³-hybridized carbons (Fsp3) is 0.455. The highest BCUT2D eigenvalue weighted by Crippen LogP contribution is 2.60. The van der Waals surface area contributed by atoms with E-state index in [1.54, 1.807) is 13.8 Å². The van der Waals surface area contributed by atoms with Crippen molar-refractivity contribution in [3.05, 3.63) is 39.9 Å². The Kier molecular flexibility index (Phi) is 5.62. The molecule has 0 unspecified atom stereocenters. The van der Waals surface area contributed by atoms with Gasteiger partial charge in [-0.05, 0) is 19.9 Å². The van der Waals surface area contributed by atoms with E-state index in [1.165, 1.54) is 24.3 Å². The lowest BCUT2D eigenvalue weighted by molar-refractivity contribution is -0.386. The highest BCUT2D eigenvalue weighted by atomic mass is 31.2. The Morgan fingerprint density at radius 2 is 1.84 bits per heavy atom. The van der Waals surface area contributed by atoms with Crippen LogP contribution in [0.5, 0.6) is 0 Å². The molecule has 8 heteroatoms. The van der Waals surface area contributed by atoms with Crippen LogP contribution in [-0.4, -0.2) is 23.2 Å². The minimum Gasteiger partial charge on any atom is -0.376 e. The van der Waals surface area contributed by atoms with Crippen molar-refractivity contribution in [1.82, 2.24) is 0 Å². The molecule has 0 aliphatic rings. The Labute approximate surface area is 110 Å². The molecule has 106 valence electrons. The third-order valence-corrected chi connectivity index (χ3v) is 4.44. The predicted molar refractivity (Wildman–Crippen MR) is 68.9 cm³/mol. The normalized spacial score (nSPS) is 13.2. The van der Waals surface area contributed by atoms with E-state index in [-0.39, 0.29) is 24.5 Å². The van der Waals surface area contributed by atoms with Crippen molar-refractivity contribution in [2.75, 3.05) is 13.2 Å². The first-order chi connectivity index (χ1) is 8.96. The molecule has 0 amide bonds. The van der Waals surface area contributed by atoms with Gasteiger partial charge in [-0.1, -0.05) is 12.1 Å². The SMILES string of the molecule is CCOP(=O)(OCC)[C@@H](O)c1ccccc1[N+](=O)[O-]. The van der Waals surface area contributed by atoms with Crippen molar-refractivity contribution in [3.63, 3.8) is 0 Å². The molecule has 0 bridgehead atoms. The summed E-state index contributed by atoms with van der Waals surface area (Å²) in [4.78, 5) is 10.2. The first-order valence-corrected chi connectivity index (χ1v) is 7.37. The molecule has 0 fully saturated rings. The summed E-state index contributed by atoms with van der Waals surface area (Å²) < 4.78 is 22.3. The van der Waals surface area contributed by atoms with Crippen LogP contribution in [0.2, 0.25) is 0 Å². The molecule has 1 N–H and O–H groups in total. The lowest BCUT2D eigenvalue weighted by Gasteiger charge is -2.22. The summed E-state index contributed by atoms with van der Waals surface area (Å²) in [6.07, 6.45) is 0. The molecule has 19 heavy (non-hydrogen) atoms. The van der Waals surface area contributed by atoms with Crippen LogP contribution in [0.15, 0.2) is 24.3 Å². The quantitative estimate of drug-likeness (QED) is 0.470. The summed E-state index contributed by atoms with van der Waals surface area (Å²) >= 11 is 0. The van der Waals surface area contributed by atoms with E-state index in [9.17, 15) is 19.8 Å². The Morgan fingerprint density at radius 1 is 1.32 bits per heavy atom. The number of hydrogen-bond donors (Lipinski definition) is 1. The molecule has 1 aromatic carbocycles. The molecule has 0 aromatic heterocycles. The molecule has 0 heterocycles. The minimum absolute atomic E-state index is 0.0645. The van der Waals surface area contributed by atoms with Gasteiger partial charge in [0.05, 0.1) is 23.7 Å². The average molecular weight is 289 g/mol. The zero-order chi connectivity index (χ0) is 14.5.